The lowest BCUT2D eigenvalue weighted by Gasteiger charge is -2.33. The first-order valence-corrected chi connectivity index (χ1v) is 5.44. The first-order chi connectivity index (χ1) is 7.66. The predicted molar refractivity (Wildman–Crippen MR) is 61.1 cm³/mol. The van der Waals surface area contributed by atoms with E-state index in [1.165, 1.54) is 0 Å². The molecule has 1 atom stereocenters. The number of hydrogen-bond acceptors (Lipinski definition) is 3. The zero-order valence-corrected chi connectivity index (χ0v) is 9.31. The molecule has 2 N–H and O–H groups in total. The zero-order chi connectivity index (χ0) is 11.5. The summed E-state index contributed by atoms with van der Waals surface area (Å²) >= 11 is 0. The quantitative estimate of drug-likeness (QED) is 0.739. The Kier molecular flexibility index (Phi) is 3.10. The number of phenols is 1. The van der Waals surface area contributed by atoms with E-state index in [2.05, 4.69) is 5.32 Å². The van der Waals surface area contributed by atoms with Gasteiger partial charge in [0.05, 0.1) is 0 Å². The second-order valence-corrected chi connectivity index (χ2v) is 4.06. The topological polar surface area (TPSA) is 52.6 Å². The van der Waals surface area contributed by atoms with E-state index >= 15 is 0 Å². The highest BCUT2D eigenvalue weighted by Gasteiger charge is 2.21. The molecule has 16 heavy (non-hydrogen) atoms. The van der Waals surface area contributed by atoms with E-state index in [9.17, 15) is 9.90 Å². The number of rotatable bonds is 1. The van der Waals surface area contributed by atoms with Crippen molar-refractivity contribution >= 4 is 5.91 Å². The smallest absolute Gasteiger partial charge is 0.219 e. The largest absolute Gasteiger partial charge is 0.508 e. The third-order valence-electron chi connectivity index (χ3n) is 2.92. The molecule has 1 aliphatic rings. The first-order valence-electron chi connectivity index (χ1n) is 5.44. The van der Waals surface area contributed by atoms with Crippen molar-refractivity contribution in [3.8, 4) is 5.75 Å². The third-order valence-corrected chi connectivity index (χ3v) is 2.92. The van der Waals surface area contributed by atoms with Gasteiger partial charge in [-0.3, -0.25) is 4.79 Å². The molecule has 0 radical (unpaired) electrons. The number of amides is 1. The molecule has 1 fully saturated rings. The molecule has 1 unspecified atom stereocenters. The van der Waals surface area contributed by atoms with Crippen LogP contribution in [0.15, 0.2) is 24.3 Å². The Hall–Kier alpha value is -1.55. The molecule has 1 aromatic rings. The molecule has 4 heteroatoms. The van der Waals surface area contributed by atoms with Gasteiger partial charge < -0.3 is 15.3 Å². The van der Waals surface area contributed by atoms with Gasteiger partial charge in [-0.1, -0.05) is 12.1 Å². The lowest BCUT2D eigenvalue weighted by Crippen LogP contribution is -2.47. The van der Waals surface area contributed by atoms with Crippen molar-refractivity contribution < 1.29 is 9.90 Å². The highest BCUT2D eigenvalue weighted by Crippen LogP contribution is 2.19. The highest BCUT2D eigenvalue weighted by atomic mass is 16.3. The Morgan fingerprint density at radius 3 is 2.75 bits per heavy atom. The summed E-state index contributed by atoms with van der Waals surface area (Å²) in [5.41, 5.74) is 1.10. The van der Waals surface area contributed by atoms with Crippen molar-refractivity contribution in [1.82, 2.24) is 10.2 Å². The van der Waals surface area contributed by atoms with Crippen LogP contribution in [0.2, 0.25) is 0 Å². The van der Waals surface area contributed by atoms with Crippen LogP contribution in [0.4, 0.5) is 0 Å². The summed E-state index contributed by atoms with van der Waals surface area (Å²) in [6.07, 6.45) is 0. The van der Waals surface area contributed by atoms with Crippen molar-refractivity contribution in [1.29, 1.82) is 0 Å². The van der Waals surface area contributed by atoms with E-state index in [-0.39, 0.29) is 17.7 Å². The van der Waals surface area contributed by atoms with Gasteiger partial charge in [-0.2, -0.15) is 0 Å². The van der Waals surface area contributed by atoms with Gasteiger partial charge in [-0.05, 0) is 17.7 Å². The highest BCUT2D eigenvalue weighted by molar-refractivity contribution is 5.73. The second-order valence-electron chi connectivity index (χ2n) is 4.06. The summed E-state index contributed by atoms with van der Waals surface area (Å²) in [5.74, 6) is 0.383. The number of hydrogen-bond donors (Lipinski definition) is 2. The molecule has 0 bridgehead atoms. The van der Waals surface area contributed by atoms with Gasteiger partial charge in [0.1, 0.15) is 5.75 Å². The van der Waals surface area contributed by atoms with E-state index in [0.29, 0.717) is 6.54 Å². The molecule has 86 valence electrons. The van der Waals surface area contributed by atoms with Gasteiger partial charge in [-0.15, -0.1) is 0 Å². The summed E-state index contributed by atoms with van der Waals surface area (Å²) in [6, 6.07) is 7.28. The number of nitrogens with one attached hydrogen (secondary N) is 1. The summed E-state index contributed by atoms with van der Waals surface area (Å²) in [6.45, 7) is 3.87. The van der Waals surface area contributed by atoms with E-state index in [1.807, 2.05) is 17.0 Å². The maximum Gasteiger partial charge on any atom is 0.219 e. The molecule has 4 nitrogen and oxygen atoms in total. The monoisotopic (exact) mass is 220 g/mol. The molecule has 1 saturated heterocycles. The third kappa shape index (κ3) is 2.33. The Morgan fingerprint density at radius 1 is 1.44 bits per heavy atom. The van der Waals surface area contributed by atoms with Crippen LogP contribution in [0.5, 0.6) is 5.75 Å². The molecule has 0 aromatic heterocycles. The molecular weight excluding hydrogens is 204 g/mol. The second kappa shape index (κ2) is 4.53. The number of carbonyl (C=O) groups excluding carboxylic acids is 1. The Bertz CT molecular complexity index is 375. The van der Waals surface area contributed by atoms with Crippen LogP contribution in [-0.2, 0) is 4.79 Å². The van der Waals surface area contributed by atoms with E-state index in [1.54, 1.807) is 19.1 Å². The number of benzene rings is 1. The minimum Gasteiger partial charge on any atom is -0.508 e. The van der Waals surface area contributed by atoms with Crippen LogP contribution in [0.1, 0.15) is 18.5 Å². The fourth-order valence-corrected chi connectivity index (χ4v) is 1.97. The van der Waals surface area contributed by atoms with Crippen molar-refractivity contribution in [2.45, 2.75) is 13.0 Å². The van der Waals surface area contributed by atoms with E-state index < -0.39 is 0 Å². The number of carbonyl (C=O) groups is 1. The Balaban J connectivity index is 2.09. The lowest BCUT2D eigenvalue weighted by molar-refractivity contribution is -0.130. The minimum atomic E-state index is 0.116. The van der Waals surface area contributed by atoms with Gasteiger partial charge in [0.15, 0.2) is 0 Å². The number of nitrogens with zero attached hydrogens (tertiary/aromatic N) is 1. The Morgan fingerprint density at radius 2 is 2.12 bits per heavy atom. The molecular formula is C12H16N2O2. The molecule has 0 spiro atoms. The summed E-state index contributed by atoms with van der Waals surface area (Å²) in [7, 11) is 0. The SMILES string of the molecule is CC(=O)N1CCNC(c2ccc(O)cc2)C1. The molecule has 1 aliphatic heterocycles. The molecule has 0 aliphatic carbocycles. The van der Waals surface area contributed by atoms with E-state index in [0.717, 1.165) is 18.7 Å². The van der Waals surface area contributed by atoms with Crippen molar-refractivity contribution in [2.24, 2.45) is 0 Å². The van der Waals surface area contributed by atoms with Crippen molar-refractivity contribution in [3.05, 3.63) is 29.8 Å². The van der Waals surface area contributed by atoms with Crippen LogP contribution in [0, 0.1) is 0 Å². The molecule has 0 saturated carbocycles. The summed E-state index contributed by atoms with van der Waals surface area (Å²) in [5, 5.41) is 12.6. The van der Waals surface area contributed by atoms with Gasteiger partial charge in [0.2, 0.25) is 5.91 Å². The lowest BCUT2D eigenvalue weighted by atomic mass is 10.0. The van der Waals surface area contributed by atoms with Gasteiger partial charge in [-0.25, -0.2) is 0 Å². The molecule has 2 rings (SSSR count). The van der Waals surface area contributed by atoms with E-state index in [4.69, 9.17) is 0 Å². The first kappa shape index (κ1) is 11.0. The maximum atomic E-state index is 11.3. The van der Waals surface area contributed by atoms with Crippen LogP contribution in [0.25, 0.3) is 0 Å². The van der Waals surface area contributed by atoms with Crippen molar-refractivity contribution in [3.63, 3.8) is 0 Å². The Labute approximate surface area is 94.9 Å². The van der Waals surface area contributed by atoms with Crippen LogP contribution in [-0.4, -0.2) is 35.5 Å². The zero-order valence-electron chi connectivity index (χ0n) is 9.31. The van der Waals surface area contributed by atoms with Crippen molar-refractivity contribution in [2.75, 3.05) is 19.6 Å². The molecule has 1 amide bonds. The fraction of sp³-hybridized carbons (Fsp3) is 0.417. The summed E-state index contributed by atoms with van der Waals surface area (Å²) < 4.78 is 0. The summed E-state index contributed by atoms with van der Waals surface area (Å²) in [4.78, 5) is 13.1. The predicted octanol–water partition coefficient (Wildman–Crippen LogP) is 0.885. The normalized spacial score (nSPS) is 20.8. The number of phenolic OH excluding ortho intramolecular Hbond substituents is 1. The van der Waals surface area contributed by atoms with Gasteiger partial charge in [0, 0.05) is 32.6 Å². The molecule has 1 aromatic carbocycles. The standard InChI is InChI=1S/C12H16N2O2/c1-9(15)14-7-6-13-12(8-14)10-2-4-11(16)5-3-10/h2-5,12-13,16H,6-8H2,1H3. The number of aromatic hydroxyl groups is 1. The minimum absolute atomic E-state index is 0.116. The molecule has 1 heterocycles. The number of piperazine rings is 1. The fourth-order valence-electron chi connectivity index (χ4n) is 1.97. The van der Waals surface area contributed by atoms with Crippen LogP contribution in [0.3, 0.4) is 0 Å². The van der Waals surface area contributed by atoms with Gasteiger partial charge in [0.25, 0.3) is 0 Å². The van der Waals surface area contributed by atoms with Gasteiger partial charge >= 0.3 is 0 Å². The van der Waals surface area contributed by atoms with Crippen LogP contribution >= 0.6 is 0 Å². The van der Waals surface area contributed by atoms with Crippen LogP contribution < -0.4 is 5.32 Å². The average Bonchev–Trinajstić information content (AvgIpc) is 2.30. The average molecular weight is 220 g/mol. The maximum absolute atomic E-state index is 11.3.